The standard InChI is InChI=1S/C5H9NO4.K.H3O4P/c6-3(5(9)10)1-2-4(7)8;;1-5(2,3)4/h3H,1-2,6H2,(H,7,8)(H,9,10);;(H3,1,2,3,4)/q;+1;/p-1. The minimum absolute atomic E-state index is 0. The van der Waals surface area contributed by atoms with Crippen LogP contribution in [-0.4, -0.2) is 38.0 Å². The number of aliphatic carboxylic acids is 2. The molecule has 1 unspecified atom stereocenters. The van der Waals surface area contributed by atoms with Gasteiger partial charge < -0.3 is 30.6 Å². The number of carbonyl (C=O) groups is 2. The smallest absolute Gasteiger partial charge is 0.756 e. The fourth-order valence-corrected chi connectivity index (χ4v) is 0.402. The van der Waals surface area contributed by atoms with Crippen LogP contribution in [0.25, 0.3) is 0 Å². The summed E-state index contributed by atoms with van der Waals surface area (Å²) < 4.78 is 8.77. The number of nitrogens with two attached hydrogens (primary N) is 1. The average molecular weight is 283 g/mol. The number of phosphoric acid groups is 1. The Morgan fingerprint density at radius 3 is 1.81 bits per heavy atom. The van der Waals surface area contributed by atoms with E-state index in [1.165, 1.54) is 0 Å². The summed E-state index contributed by atoms with van der Waals surface area (Å²) in [5.41, 5.74) is 5.00. The van der Waals surface area contributed by atoms with Crippen LogP contribution in [-0.2, 0) is 14.2 Å². The first kappa shape index (κ1) is 21.9. The van der Waals surface area contributed by atoms with Crippen molar-refractivity contribution in [1.29, 1.82) is 0 Å². The topological polar surface area (TPSA) is 181 Å². The summed E-state index contributed by atoms with van der Waals surface area (Å²) >= 11 is 0. The van der Waals surface area contributed by atoms with Gasteiger partial charge >= 0.3 is 63.3 Å². The fraction of sp³-hybridized carbons (Fsp3) is 0.600. The minimum Gasteiger partial charge on any atom is -0.756 e. The summed E-state index contributed by atoms with van der Waals surface area (Å²) in [6.07, 6.45) is -0.224. The zero-order chi connectivity index (χ0) is 12.6. The van der Waals surface area contributed by atoms with Crippen molar-refractivity contribution in [2.75, 3.05) is 0 Å². The van der Waals surface area contributed by atoms with E-state index in [1.54, 1.807) is 0 Å². The van der Waals surface area contributed by atoms with Crippen molar-refractivity contribution in [3.63, 3.8) is 0 Å². The molecule has 9 nitrogen and oxygen atoms in total. The molecule has 16 heavy (non-hydrogen) atoms. The molecule has 90 valence electrons. The first-order valence-electron chi connectivity index (χ1n) is 3.50. The average Bonchev–Trinajstić information content (AvgIpc) is 1.96. The van der Waals surface area contributed by atoms with E-state index in [2.05, 4.69) is 0 Å². The first-order valence-corrected chi connectivity index (χ1v) is 5.03. The van der Waals surface area contributed by atoms with Crippen molar-refractivity contribution < 1.29 is 90.4 Å². The Bertz CT molecular complexity index is 257. The molecular formula is C5H11KNO8P. The van der Waals surface area contributed by atoms with E-state index in [0.717, 1.165) is 0 Å². The molecule has 0 rings (SSSR count). The van der Waals surface area contributed by atoms with Crippen LogP contribution < -0.4 is 62.0 Å². The van der Waals surface area contributed by atoms with Crippen molar-refractivity contribution >= 4 is 19.8 Å². The Kier molecular flexibility index (Phi) is 14.7. The molecule has 0 fully saturated rings. The summed E-state index contributed by atoms with van der Waals surface area (Å²) in [6.45, 7) is 0. The summed E-state index contributed by atoms with van der Waals surface area (Å²) in [5, 5.41) is 16.3. The second kappa shape index (κ2) is 10.8. The molecule has 0 aromatic carbocycles. The Hall–Kier alpha value is 0.646. The molecule has 0 heterocycles. The first-order chi connectivity index (χ1) is 6.54. The van der Waals surface area contributed by atoms with E-state index in [9.17, 15) is 9.59 Å². The molecule has 0 radical (unpaired) electrons. The molecule has 0 saturated heterocycles. The molecule has 0 aliphatic carbocycles. The van der Waals surface area contributed by atoms with Crippen molar-refractivity contribution in [3.8, 4) is 0 Å². The molecule has 0 aromatic rings. The number of hydrogen-bond donors (Lipinski definition) is 5. The van der Waals surface area contributed by atoms with Crippen molar-refractivity contribution in [2.24, 2.45) is 5.73 Å². The van der Waals surface area contributed by atoms with Crippen LogP contribution in [0.2, 0.25) is 0 Å². The number of rotatable bonds is 4. The van der Waals surface area contributed by atoms with Gasteiger partial charge in [0.25, 0.3) is 7.82 Å². The number of carboxylic acid groups (broad SMARTS) is 2. The van der Waals surface area contributed by atoms with Crippen molar-refractivity contribution in [1.82, 2.24) is 0 Å². The molecule has 0 aliphatic rings. The van der Waals surface area contributed by atoms with E-state index in [0.29, 0.717) is 0 Å². The second-order valence-corrected chi connectivity index (χ2v) is 3.35. The Balaban J connectivity index is -0.000000242. The molecule has 11 heteroatoms. The molecule has 0 amide bonds. The third kappa shape index (κ3) is 29.3. The Morgan fingerprint density at radius 1 is 1.31 bits per heavy atom. The van der Waals surface area contributed by atoms with E-state index < -0.39 is 25.8 Å². The Morgan fingerprint density at radius 2 is 1.62 bits per heavy atom. The van der Waals surface area contributed by atoms with Crippen LogP contribution in [0.4, 0.5) is 0 Å². The van der Waals surface area contributed by atoms with Crippen LogP contribution in [0.5, 0.6) is 0 Å². The number of carboxylic acids is 2. The fourth-order valence-electron chi connectivity index (χ4n) is 0.402. The van der Waals surface area contributed by atoms with Gasteiger partial charge in [-0.15, -0.1) is 0 Å². The quantitative estimate of drug-likeness (QED) is 0.248. The summed E-state index contributed by atoms with van der Waals surface area (Å²) in [7, 11) is -4.89. The number of hydrogen-bond acceptors (Lipinski definition) is 5. The molecule has 0 aromatic heterocycles. The van der Waals surface area contributed by atoms with Gasteiger partial charge in [0.15, 0.2) is 0 Å². The second-order valence-electron chi connectivity index (χ2n) is 2.37. The van der Waals surface area contributed by atoms with E-state index in [1.807, 2.05) is 0 Å². The third-order valence-corrected chi connectivity index (χ3v) is 0.986. The van der Waals surface area contributed by atoms with Crippen LogP contribution in [0.3, 0.4) is 0 Å². The maximum atomic E-state index is 9.99. The molecule has 0 saturated carbocycles. The van der Waals surface area contributed by atoms with E-state index in [4.69, 9.17) is 35.2 Å². The monoisotopic (exact) mass is 283 g/mol. The van der Waals surface area contributed by atoms with Crippen molar-refractivity contribution in [3.05, 3.63) is 0 Å². The van der Waals surface area contributed by atoms with Crippen molar-refractivity contribution in [2.45, 2.75) is 18.9 Å². The van der Waals surface area contributed by atoms with Gasteiger partial charge in [-0.05, 0) is 6.42 Å². The largest absolute Gasteiger partial charge is 1.00 e. The maximum absolute atomic E-state index is 9.99. The van der Waals surface area contributed by atoms with Gasteiger partial charge in [0.05, 0.1) is 0 Å². The van der Waals surface area contributed by atoms with Crippen LogP contribution in [0, 0.1) is 0 Å². The van der Waals surface area contributed by atoms with E-state index >= 15 is 0 Å². The van der Waals surface area contributed by atoms with Gasteiger partial charge in [0, 0.05) is 6.42 Å². The van der Waals surface area contributed by atoms with Crippen LogP contribution in [0.1, 0.15) is 12.8 Å². The minimum atomic E-state index is -4.89. The summed E-state index contributed by atoms with van der Waals surface area (Å²) in [5.74, 6) is -2.20. The Labute approximate surface area is 133 Å². The molecule has 6 N–H and O–H groups in total. The van der Waals surface area contributed by atoms with Gasteiger partial charge in [0.2, 0.25) is 0 Å². The van der Waals surface area contributed by atoms with Gasteiger partial charge in [0.1, 0.15) is 6.04 Å². The van der Waals surface area contributed by atoms with Crippen LogP contribution in [0.15, 0.2) is 0 Å². The molecule has 1 atom stereocenters. The van der Waals surface area contributed by atoms with Gasteiger partial charge in [-0.1, -0.05) is 0 Å². The van der Waals surface area contributed by atoms with Gasteiger partial charge in [-0.3, -0.25) is 14.2 Å². The molecule has 0 bridgehead atoms. The zero-order valence-corrected chi connectivity index (χ0v) is 12.5. The molecular weight excluding hydrogens is 272 g/mol. The summed E-state index contributed by atoms with van der Waals surface area (Å²) in [6, 6.07) is -1.06. The zero-order valence-electron chi connectivity index (χ0n) is 8.44. The summed E-state index contributed by atoms with van der Waals surface area (Å²) in [4.78, 5) is 42.8. The molecule has 0 aliphatic heterocycles. The SMILES string of the molecule is NC(CCC(=O)O)C(=O)O.O=P([O-])(O)O.[K+]. The predicted octanol–water partition coefficient (Wildman–Crippen LogP) is -5.29. The predicted molar refractivity (Wildman–Crippen MR) is 44.5 cm³/mol. The van der Waals surface area contributed by atoms with Gasteiger partial charge in [-0.2, -0.15) is 0 Å². The normalized spacial score (nSPS) is 11.5. The van der Waals surface area contributed by atoms with E-state index in [-0.39, 0.29) is 64.2 Å². The van der Waals surface area contributed by atoms with Crippen LogP contribution >= 0.6 is 7.82 Å². The third-order valence-electron chi connectivity index (χ3n) is 0.986. The molecule has 0 spiro atoms. The van der Waals surface area contributed by atoms with Gasteiger partial charge in [-0.25, -0.2) is 0 Å². The maximum Gasteiger partial charge on any atom is 1.00 e.